The molecule has 4 aliphatic rings. The van der Waals surface area contributed by atoms with E-state index in [1.165, 1.54) is 13.0 Å². The predicted molar refractivity (Wildman–Crippen MR) is 127 cm³/mol. The summed E-state index contributed by atoms with van der Waals surface area (Å²) in [6.45, 7) is 10.5. The number of allylic oxidation sites excluding steroid dienone is 4. The van der Waals surface area contributed by atoms with Crippen molar-refractivity contribution in [2.45, 2.75) is 89.9 Å². The normalized spacial score (nSPS) is 43.5. The van der Waals surface area contributed by atoms with Gasteiger partial charge in [0, 0.05) is 23.7 Å². The fraction of sp³-hybridized carbons (Fsp3) is 0.731. The topological polar surface area (TPSA) is 89.9 Å². The van der Waals surface area contributed by atoms with E-state index in [1.54, 1.807) is 12.2 Å². The van der Waals surface area contributed by atoms with Crippen molar-refractivity contribution < 1.29 is 33.0 Å². The van der Waals surface area contributed by atoms with Gasteiger partial charge in [-0.2, -0.15) is 0 Å². The number of fused-ring (bicyclic) bond motifs is 5. The Labute approximate surface area is 202 Å². The molecule has 0 radical (unpaired) electrons. The number of carbonyl (C=O) groups is 3. The summed E-state index contributed by atoms with van der Waals surface area (Å²) in [5.74, 6) is -1.92. The van der Waals surface area contributed by atoms with E-state index in [2.05, 4.69) is 0 Å². The van der Waals surface area contributed by atoms with E-state index in [9.17, 15) is 19.5 Å². The van der Waals surface area contributed by atoms with E-state index in [0.29, 0.717) is 19.3 Å². The lowest BCUT2D eigenvalue weighted by Crippen LogP contribution is -2.70. The standard InChI is InChI=1S/C26H37FO6Si/c1-16(28)32-15-21(30)25(31)12-10-19-20-8-7-17-13-18(29)9-11-23(17,2)26(20,27)22(14-24(19,25)3)33-34(4,5)6/h9,11,13,19-20,22,31H,7-8,10,12,14-15H2,1-6H3/t19-,20-,22?,23-,24-,25-,26-/m0/s1. The molecule has 0 saturated heterocycles. The molecule has 0 aromatic heterocycles. The lowest BCUT2D eigenvalue weighted by Gasteiger charge is -2.64. The number of aliphatic hydroxyl groups is 1. The van der Waals surface area contributed by atoms with Crippen LogP contribution in [0, 0.1) is 22.7 Å². The summed E-state index contributed by atoms with van der Waals surface area (Å²) in [7, 11) is -2.24. The number of carbonyl (C=O) groups excluding carboxylic acids is 3. The first-order valence-corrected chi connectivity index (χ1v) is 15.7. The van der Waals surface area contributed by atoms with Gasteiger partial charge in [0.25, 0.3) is 0 Å². The summed E-state index contributed by atoms with van der Waals surface area (Å²) in [5.41, 5.74) is -4.60. The molecule has 3 fully saturated rings. The molecule has 0 aliphatic heterocycles. The second-order valence-corrected chi connectivity index (χ2v) is 16.5. The van der Waals surface area contributed by atoms with E-state index in [1.807, 2.05) is 33.5 Å². The molecule has 8 heteroatoms. The molecule has 3 saturated carbocycles. The third-order valence-corrected chi connectivity index (χ3v) is 10.1. The van der Waals surface area contributed by atoms with Gasteiger partial charge in [-0.1, -0.05) is 18.6 Å². The molecule has 0 bridgehead atoms. The van der Waals surface area contributed by atoms with Gasteiger partial charge in [-0.05, 0) is 76.7 Å². The fourth-order valence-corrected chi connectivity index (χ4v) is 8.59. The van der Waals surface area contributed by atoms with E-state index >= 15 is 4.39 Å². The van der Waals surface area contributed by atoms with Crippen LogP contribution in [0.2, 0.25) is 19.6 Å². The van der Waals surface area contributed by atoms with Crippen LogP contribution in [0.3, 0.4) is 0 Å². The zero-order valence-electron chi connectivity index (χ0n) is 21.1. The van der Waals surface area contributed by atoms with Gasteiger partial charge in [0.1, 0.15) is 5.60 Å². The Morgan fingerprint density at radius 2 is 1.88 bits per heavy atom. The minimum absolute atomic E-state index is 0.121. The maximum atomic E-state index is 17.8. The Kier molecular flexibility index (Phi) is 5.94. The van der Waals surface area contributed by atoms with Gasteiger partial charge in [-0.25, -0.2) is 4.39 Å². The number of rotatable bonds is 5. The summed E-state index contributed by atoms with van der Waals surface area (Å²) in [6, 6.07) is 0. The first-order chi connectivity index (χ1) is 15.6. The van der Waals surface area contributed by atoms with Crippen LogP contribution >= 0.6 is 0 Å². The van der Waals surface area contributed by atoms with Crippen LogP contribution < -0.4 is 0 Å². The minimum atomic E-state index is -2.24. The number of hydrogen-bond donors (Lipinski definition) is 1. The van der Waals surface area contributed by atoms with Crippen molar-refractivity contribution in [3.8, 4) is 0 Å². The van der Waals surface area contributed by atoms with Crippen molar-refractivity contribution in [2.75, 3.05) is 6.61 Å². The maximum absolute atomic E-state index is 17.8. The van der Waals surface area contributed by atoms with Gasteiger partial charge in [-0.3, -0.25) is 14.4 Å². The molecule has 0 heterocycles. The maximum Gasteiger partial charge on any atom is 0.303 e. The number of Topliss-reactive ketones (excluding diaryl/α,β-unsaturated/α-hetero) is 1. The molecule has 6 nitrogen and oxygen atoms in total. The number of ketones is 2. The van der Waals surface area contributed by atoms with Crippen LogP contribution in [-0.4, -0.2) is 54.9 Å². The Hall–Kier alpha value is -1.64. The van der Waals surface area contributed by atoms with E-state index in [4.69, 9.17) is 9.16 Å². The third-order valence-electron chi connectivity index (χ3n) is 9.13. The zero-order valence-corrected chi connectivity index (χ0v) is 22.1. The summed E-state index contributed by atoms with van der Waals surface area (Å²) in [5, 5.41) is 11.8. The highest BCUT2D eigenvalue weighted by atomic mass is 28.4. The Bertz CT molecular complexity index is 984. The van der Waals surface area contributed by atoms with Crippen LogP contribution in [0.4, 0.5) is 4.39 Å². The highest BCUT2D eigenvalue weighted by Gasteiger charge is 2.74. The molecule has 1 N–H and O–H groups in total. The molecule has 0 aromatic rings. The largest absolute Gasteiger partial charge is 0.458 e. The quantitative estimate of drug-likeness (QED) is 0.459. The average Bonchev–Trinajstić information content (AvgIpc) is 2.98. The SMILES string of the molecule is CC(=O)OCC(=O)[C@@]1(O)CC[C@H]2[C@@H]3CCC4=CC(=O)C=C[C@]4(C)[C@@]3(F)C(O[Si](C)(C)C)C[C@@]21C. The summed E-state index contributed by atoms with van der Waals surface area (Å²) in [4.78, 5) is 36.6. The number of hydrogen-bond acceptors (Lipinski definition) is 6. The smallest absolute Gasteiger partial charge is 0.303 e. The van der Waals surface area contributed by atoms with Crippen LogP contribution in [-0.2, 0) is 23.5 Å². The van der Waals surface area contributed by atoms with E-state index in [0.717, 1.165) is 5.57 Å². The molecule has 0 aromatic carbocycles. The zero-order chi connectivity index (χ0) is 25.3. The molecule has 0 spiro atoms. The Morgan fingerprint density at radius 1 is 1.21 bits per heavy atom. The van der Waals surface area contributed by atoms with Crippen molar-refractivity contribution in [1.29, 1.82) is 0 Å². The van der Waals surface area contributed by atoms with Gasteiger partial charge < -0.3 is 14.3 Å². The second kappa shape index (κ2) is 7.93. The molecule has 7 atom stereocenters. The monoisotopic (exact) mass is 492 g/mol. The summed E-state index contributed by atoms with van der Waals surface area (Å²) >= 11 is 0. The molecular weight excluding hydrogens is 455 g/mol. The van der Waals surface area contributed by atoms with Crippen LogP contribution in [0.1, 0.15) is 52.9 Å². The molecule has 188 valence electrons. The van der Waals surface area contributed by atoms with Crippen LogP contribution in [0.25, 0.3) is 0 Å². The second-order valence-electron chi connectivity index (χ2n) is 12.1. The number of halogens is 1. The van der Waals surface area contributed by atoms with Gasteiger partial charge in [0.05, 0.1) is 6.10 Å². The molecular formula is C26H37FO6Si. The molecule has 1 unspecified atom stereocenters. The first-order valence-electron chi connectivity index (χ1n) is 12.3. The molecule has 4 aliphatic carbocycles. The van der Waals surface area contributed by atoms with Crippen molar-refractivity contribution in [1.82, 2.24) is 0 Å². The molecule has 34 heavy (non-hydrogen) atoms. The van der Waals surface area contributed by atoms with Crippen LogP contribution in [0.15, 0.2) is 23.8 Å². The lowest BCUT2D eigenvalue weighted by molar-refractivity contribution is -0.213. The number of esters is 1. The van der Waals surface area contributed by atoms with Gasteiger partial charge >= 0.3 is 5.97 Å². The summed E-state index contributed by atoms with van der Waals surface area (Å²) in [6.07, 6.45) is 5.91. The van der Waals surface area contributed by atoms with E-state index < -0.39 is 60.8 Å². The van der Waals surface area contributed by atoms with Crippen LogP contribution in [0.5, 0.6) is 0 Å². The van der Waals surface area contributed by atoms with Crippen molar-refractivity contribution >= 4 is 25.9 Å². The lowest BCUT2D eigenvalue weighted by atomic mass is 9.44. The van der Waals surface area contributed by atoms with Crippen molar-refractivity contribution in [3.63, 3.8) is 0 Å². The highest BCUT2D eigenvalue weighted by Crippen LogP contribution is 2.70. The Morgan fingerprint density at radius 3 is 2.50 bits per heavy atom. The highest BCUT2D eigenvalue weighted by molar-refractivity contribution is 6.69. The average molecular weight is 493 g/mol. The van der Waals surface area contributed by atoms with Crippen molar-refractivity contribution in [3.05, 3.63) is 23.8 Å². The fourth-order valence-electron chi connectivity index (χ4n) is 7.48. The number of ether oxygens (including phenoxy) is 1. The summed E-state index contributed by atoms with van der Waals surface area (Å²) < 4.78 is 29.3. The number of alkyl halides is 1. The van der Waals surface area contributed by atoms with Gasteiger partial charge in [-0.15, -0.1) is 0 Å². The minimum Gasteiger partial charge on any atom is -0.458 e. The van der Waals surface area contributed by atoms with Crippen molar-refractivity contribution in [2.24, 2.45) is 22.7 Å². The predicted octanol–water partition coefficient (Wildman–Crippen LogP) is 4.08. The third kappa shape index (κ3) is 3.51. The first kappa shape index (κ1) is 25.4. The Balaban J connectivity index is 1.81. The molecule has 4 rings (SSSR count). The van der Waals surface area contributed by atoms with Gasteiger partial charge in [0.2, 0.25) is 5.78 Å². The van der Waals surface area contributed by atoms with Gasteiger partial charge in [0.15, 0.2) is 26.4 Å². The molecule has 0 amide bonds. The van der Waals surface area contributed by atoms with E-state index in [-0.39, 0.29) is 24.5 Å².